The van der Waals surface area contributed by atoms with Crippen LogP contribution in [0.1, 0.15) is 54.0 Å². The molecular weight excluding hydrogens is 617 g/mol. The summed E-state index contributed by atoms with van der Waals surface area (Å²) in [6, 6.07) is 10.3. The number of halogens is 3. The van der Waals surface area contributed by atoms with Gasteiger partial charge in [0.1, 0.15) is 11.5 Å². The number of hydrogen-bond acceptors (Lipinski definition) is 7. The van der Waals surface area contributed by atoms with Crippen LogP contribution in [0.2, 0.25) is 0 Å². The summed E-state index contributed by atoms with van der Waals surface area (Å²) in [5, 5.41) is 10.6. The van der Waals surface area contributed by atoms with Crippen LogP contribution in [0, 0.1) is 11.3 Å². The number of carbonyl (C=O) groups is 1. The maximum atomic E-state index is 14.2. The van der Waals surface area contributed by atoms with Crippen molar-refractivity contribution in [3.8, 4) is 17.2 Å². The van der Waals surface area contributed by atoms with Gasteiger partial charge in [0.05, 0.1) is 16.5 Å². The van der Waals surface area contributed by atoms with Gasteiger partial charge in [-0.25, -0.2) is 13.2 Å². The molecule has 2 aromatic carbocycles. The van der Waals surface area contributed by atoms with E-state index in [0.717, 1.165) is 0 Å². The number of amides is 1. The largest absolute Gasteiger partial charge is 0.484 e. The quantitative estimate of drug-likeness (QED) is 0.324. The lowest BCUT2D eigenvalue weighted by atomic mass is 9.66. The van der Waals surface area contributed by atoms with Crippen LogP contribution >= 0.6 is 0 Å². The standard InChI is InChI=1S/C31H41F3N2O8S/c1-20(2)16-35(45(39,40)23-12-13-24-25(14-23)43-19-42-24)17-26-30(28(3,4)5,36(27(37)38)29(6,7)44-26)15-21-8-10-22(11-9-21)41-18-31(32,33)34/h8-14,20,26H,15-19H2,1-7H3,(H,37,38)/t26-,30-/m1/s1. The van der Waals surface area contributed by atoms with Crippen LogP contribution in [0.5, 0.6) is 17.2 Å². The highest BCUT2D eigenvalue weighted by Gasteiger charge is 2.65. The van der Waals surface area contributed by atoms with Gasteiger partial charge < -0.3 is 24.1 Å². The Morgan fingerprint density at radius 2 is 1.71 bits per heavy atom. The number of fused-ring (bicyclic) bond motifs is 1. The number of sulfonamides is 1. The van der Waals surface area contributed by atoms with Crippen molar-refractivity contribution in [3.63, 3.8) is 0 Å². The molecule has 1 fully saturated rings. The molecule has 14 heteroatoms. The Balaban J connectivity index is 1.78. The summed E-state index contributed by atoms with van der Waals surface area (Å²) in [6.45, 7) is 11.1. The van der Waals surface area contributed by atoms with Crippen LogP contribution in [-0.2, 0) is 21.2 Å². The second-order valence-electron chi connectivity index (χ2n) is 13.3. The van der Waals surface area contributed by atoms with E-state index in [1.165, 1.54) is 39.5 Å². The van der Waals surface area contributed by atoms with E-state index in [9.17, 15) is 31.5 Å². The molecule has 2 aliphatic heterocycles. The highest BCUT2D eigenvalue weighted by molar-refractivity contribution is 7.89. The summed E-state index contributed by atoms with van der Waals surface area (Å²) >= 11 is 0. The van der Waals surface area contributed by atoms with Gasteiger partial charge in [-0.1, -0.05) is 46.8 Å². The normalized spacial score (nSPS) is 21.5. The molecule has 0 aliphatic carbocycles. The molecule has 2 heterocycles. The van der Waals surface area contributed by atoms with E-state index >= 15 is 0 Å². The SMILES string of the molecule is CC(C)CN(C[C@H]1OC(C)(C)N(C(=O)O)[C@@]1(Cc1ccc(OCC(F)(F)F)cc1)C(C)(C)C)S(=O)(=O)c1ccc2c(c1)OCO2. The van der Waals surface area contributed by atoms with Crippen molar-refractivity contribution in [2.45, 2.75) is 83.3 Å². The molecule has 2 aromatic rings. The lowest BCUT2D eigenvalue weighted by Gasteiger charge is -2.51. The maximum absolute atomic E-state index is 14.2. The van der Waals surface area contributed by atoms with Gasteiger partial charge in [0, 0.05) is 19.2 Å². The molecule has 1 N–H and O–H groups in total. The second-order valence-corrected chi connectivity index (χ2v) is 15.2. The summed E-state index contributed by atoms with van der Waals surface area (Å²) < 4.78 is 89.8. The van der Waals surface area contributed by atoms with Crippen molar-refractivity contribution in [2.75, 3.05) is 26.5 Å². The molecule has 4 rings (SSSR count). The highest BCUT2D eigenvalue weighted by Crippen LogP contribution is 2.52. The van der Waals surface area contributed by atoms with E-state index in [1.54, 1.807) is 26.0 Å². The van der Waals surface area contributed by atoms with E-state index in [2.05, 4.69) is 0 Å². The zero-order valence-electron chi connectivity index (χ0n) is 26.5. The fourth-order valence-electron chi connectivity index (χ4n) is 6.22. The first-order valence-electron chi connectivity index (χ1n) is 14.6. The smallest absolute Gasteiger partial charge is 0.422 e. The van der Waals surface area contributed by atoms with Crippen LogP contribution in [0.25, 0.3) is 0 Å². The fourth-order valence-corrected chi connectivity index (χ4v) is 7.84. The minimum Gasteiger partial charge on any atom is -0.484 e. The second kappa shape index (κ2) is 12.2. The predicted octanol–water partition coefficient (Wildman–Crippen LogP) is 6.15. The van der Waals surface area contributed by atoms with Crippen molar-refractivity contribution < 1.29 is 50.4 Å². The first kappa shape index (κ1) is 34.6. The van der Waals surface area contributed by atoms with Gasteiger partial charge in [0.15, 0.2) is 18.1 Å². The number of benzene rings is 2. The van der Waals surface area contributed by atoms with Gasteiger partial charge in [-0.15, -0.1) is 0 Å². The number of nitrogens with zero attached hydrogens (tertiary/aromatic N) is 2. The monoisotopic (exact) mass is 658 g/mol. The molecule has 0 bridgehead atoms. The summed E-state index contributed by atoms with van der Waals surface area (Å²) in [4.78, 5) is 14.2. The Morgan fingerprint density at radius 1 is 1.09 bits per heavy atom. The Morgan fingerprint density at radius 3 is 2.27 bits per heavy atom. The molecule has 2 atom stereocenters. The molecule has 0 aromatic heterocycles. The molecule has 0 saturated carbocycles. The van der Waals surface area contributed by atoms with Crippen molar-refractivity contribution in [1.29, 1.82) is 0 Å². The summed E-state index contributed by atoms with van der Waals surface area (Å²) in [5.74, 6) is 0.659. The minimum absolute atomic E-state index is 0.00412. The van der Waals surface area contributed by atoms with Gasteiger partial charge in [-0.2, -0.15) is 17.5 Å². The average Bonchev–Trinajstić information content (AvgIpc) is 3.46. The number of hydrogen-bond donors (Lipinski definition) is 1. The Kier molecular flexibility index (Phi) is 9.37. The molecule has 1 amide bonds. The van der Waals surface area contributed by atoms with Gasteiger partial charge >= 0.3 is 12.3 Å². The molecule has 250 valence electrons. The highest BCUT2D eigenvalue weighted by atomic mass is 32.2. The molecule has 0 spiro atoms. The van der Waals surface area contributed by atoms with Gasteiger partial charge in [0.25, 0.3) is 0 Å². The zero-order chi connectivity index (χ0) is 33.6. The predicted molar refractivity (Wildman–Crippen MR) is 159 cm³/mol. The van der Waals surface area contributed by atoms with Crippen LogP contribution in [-0.4, -0.2) is 78.9 Å². The summed E-state index contributed by atoms with van der Waals surface area (Å²) in [5.41, 5.74) is -2.89. The Bertz CT molecular complexity index is 1490. The Labute approximate surface area is 262 Å². The molecule has 0 radical (unpaired) electrons. The zero-order valence-corrected chi connectivity index (χ0v) is 27.3. The van der Waals surface area contributed by atoms with Gasteiger partial charge in [-0.3, -0.25) is 4.90 Å². The summed E-state index contributed by atoms with van der Waals surface area (Å²) in [6.07, 6.45) is -6.63. The third-order valence-corrected chi connectivity index (χ3v) is 9.94. The van der Waals surface area contributed by atoms with E-state index in [4.69, 9.17) is 18.9 Å². The first-order valence-corrected chi connectivity index (χ1v) is 16.0. The van der Waals surface area contributed by atoms with E-state index < -0.39 is 51.7 Å². The third-order valence-electron chi connectivity index (χ3n) is 8.11. The molecule has 2 aliphatic rings. The van der Waals surface area contributed by atoms with Gasteiger partial charge in [-0.05, 0) is 61.4 Å². The lowest BCUT2D eigenvalue weighted by Crippen LogP contribution is -2.66. The first-order chi connectivity index (χ1) is 20.7. The van der Waals surface area contributed by atoms with Crippen molar-refractivity contribution >= 4 is 16.1 Å². The molecule has 45 heavy (non-hydrogen) atoms. The molecule has 10 nitrogen and oxygen atoms in total. The van der Waals surface area contributed by atoms with E-state index in [1.807, 2.05) is 34.6 Å². The number of rotatable bonds is 10. The number of alkyl halides is 3. The van der Waals surface area contributed by atoms with Crippen LogP contribution in [0.4, 0.5) is 18.0 Å². The molecular formula is C31H41F3N2O8S. The van der Waals surface area contributed by atoms with Crippen molar-refractivity contribution in [3.05, 3.63) is 48.0 Å². The van der Waals surface area contributed by atoms with Crippen LogP contribution in [0.15, 0.2) is 47.4 Å². The average molecular weight is 659 g/mol. The maximum Gasteiger partial charge on any atom is 0.422 e. The fraction of sp³-hybridized carbons (Fsp3) is 0.581. The van der Waals surface area contributed by atoms with Crippen molar-refractivity contribution in [2.24, 2.45) is 11.3 Å². The summed E-state index contributed by atoms with van der Waals surface area (Å²) in [7, 11) is -4.13. The topological polar surface area (TPSA) is 115 Å². The Hall–Kier alpha value is -3.23. The number of ether oxygens (including phenoxy) is 4. The third kappa shape index (κ3) is 7.12. The van der Waals surface area contributed by atoms with Crippen LogP contribution in [0.3, 0.4) is 0 Å². The van der Waals surface area contributed by atoms with E-state index in [0.29, 0.717) is 17.1 Å². The minimum atomic E-state index is -4.50. The number of carboxylic acid groups (broad SMARTS) is 1. The molecule has 1 saturated heterocycles. The lowest BCUT2D eigenvalue weighted by molar-refractivity contribution is -0.153. The van der Waals surface area contributed by atoms with E-state index in [-0.39, 0.29) is 42.9 Å². The van der Waals surface area contributed by atoms with Crippen molar-refractivity contribution in [1.82, 2.24) is 9.21 Å². The molecule has 0 unspecified atom stereocenters. The van der Waals surface area contributed by atoms with Gasteiger partial charge in [0.2, 0.25) is 16.8 Å². The van der Waals surface area contributed by atoms with Crippen LogP contribution < -0.4 is 14.2 Å².